The molecule has 78 valence electrons. The molecule has 1 atom stereocenters. The van der Waals surface area contributed by atoms with Crippen LogP contribution in [0.3, 0.4) is 0 Å². The molecule has 0 aliphatic heterocycles. The van der Waals surface area contributed by atoms with E-state index in [1.54, 1.807) is 30.0 Å². The van der Waals surface area contributed by atoms with Gasteiger partial charge in [0.1, 0.15) is 6.04 Å². The highest BCUT2D eigenvalue weighted by atomic mass is 32.2. The van der Waals surface area contributed by atoms with Crippen LogP contribution in [0, 0.1) is 0 Å². The number of rotatable bonds is 5. The zero-order chi connectivity index (χ0) is 10.4. The van der Waals surface area contributed by atoms with Gasteiger partial charge in [-0.1, -0.05) is 6.07 Å². The first-order valence-corrected chi connectivity index (χ1v) is 6.19. The maximum atomic E-state index is 11.1. The molecule has 1 aromatic heterocycles. The van der Waals surface area contributed by atoms with Gasteiger partial charge >= 0.3 is 5.97 Å². The molecule has 14 heavy (non-hydrogen) atoms. The van der Waals surface area contributed by atoms with Gasteiger partial charge < -0.3 is 10.5 Å². The fourth-order valence-electron chi connectivity index (χ4n) is 0.835. The van der Waals surface area contributed by atoms with Crippen LogP contribution in [0.25, 0.3) is 0 Å². The highest BCUT2D eigenvalue weighted by Crippen LogP contribution is 2.23. The van der Waals surface area contributed by atoms with Gasteiger partial charge in [0.2, 0.25) is 0 Å². The number of nitrogens with two attached hydrogens (primary N) is 1. The van der Waals surface area contributed by atoms with Gasteiger partial charge in [-0.3, -0.25) is 4.79 Å². The lowest BCUT2D eigenvalue weighted by Crippen LogP contribution is -2.34. The van der Waals surface area contributed by atoms with Crippen molar-refractivity contribution in [3.8, 4) is 0 Å². The molecular weight excluding hydrogens is 218 g/mol. The normalized spacial score (nSPS) is 12.4. The first kappa shape index (κ1) is 11.6. The first-order chi connectivity index (χ1) is 6.74. The second-order valence-electron chi connectivity index (χ2n) is 2.60. The van der Waals surface area contributed by atoms with E-state index in [9.17, 15) is 4.79 Å². The minimum atomic E-state index is -0.526. The lowest BCUT2D eigenvalue weighted by atomic mass is 10.4. The van der Waals surface area contributed by atoms with Gasteiger partial charge in [0, 0.05) is 5.75 Å². The summed E-state index contributed by atoms with van der Waals surface area (Å²) in [7, 11) is 0. The smallest absolute Gasteiger partial charge is 0.323 e. The molecule has 0 spiro atoms. The number of esters is 1. The molecule has 0 aliphatic carbocycles. The lowest BCUT2D eigenvalue weighted by Gasteiger charge is -2.08. The third-order valence-electron chi connectivity index (χ3n) is 1.49. The lowest BCUT2D eigenvalue weighted by molar-refractivity contribution is -0.144. The summed E-state index contributed by atoms with van der Waals surface area (Å²) in [6.07, 6.45) is 0. The molecule has 0 fully saturated rings. The summed E-state index contributed by atoms with van der Waals surface area (Å²) in [5.41, 5.74) is 5.63. The molecule has 1 heterocycles. The van der Waals surface area contributed by atoms with Crippen LogP contribution in [0.2, 0.25) is 0 Å². The summed E-state index contributed by atoms with van der Waals surface area (Å²) in [5, 5.41) is 2.00. The predicted molar refractivity (Wildman–Crippen MR) is 59.7 cm³/mol. The van der Waals surface area contributed by atoms with Crippen LogP contribution in [0.5, 0.6) is 0 Å². The second-order valence-corrected chi connectivity index (χ2v) is 4.87. The maximum Gasteiger partial charge on any atom is 0.323 e. The molecule has 0 aromatic carbocycles. The second kappa shape index (κ2) is 6.06. The Kier molecular flexibility index (Phi) is 5.00. The van der Waals surface area contributed by atoms with E-state index < -0.39 is 6.04 Å². The number of hydrogen-bond donors (Lipinski definition) is 1. The highest BCUT2D eigenvalue weighted by Gasteiger charge is 2.14. The van der Waals surface area contributed by atoms with Crippen LogP contribution in [-0.2, 0) is 9.53 Å². The Morgan fingerprint density at radius 1 is 1.79 bits per heavy atom. The van der Waals surface area contributed by atoms with Gasteiger partial charge in [0.05, 0.1) is 10.8 Å². The zero-order valence-electron chi connectivity index (χ0n) is 7.93. The topological polar surface area (TPSA) is 52.3 Å². The first-order valence-electron chi connectivity index (χ1n) is 4.32. The molecule has 5 heteroatoms. The van der Waals surface area contributed by atoms with Gasteiger partial charge in [-0.25, -0.2) is 0 Å². The molecule has 0 amide bonds. The van der Waals surface area contributed by atoms with Crippen LogP contribution in [-0.4, -0.2) is 24.4 Å². The van der Waals surface area contributed by atoms with E-state index in [1.807, 2.05) is 17.5 Å². The Morgan fingerprint density at radius 2 is 2.57 bits per heavy atom. The molecule has 0 saturated carbocycles. The Bertz CT molecular complexity index is 274. The van der Waals surface area contributed by atoms with E-state index in [0.29, 0.717) is 12.4 Å². The Morgan fingerprint density at radius 3 is 3.14 bits per heavy atom. The number of carbonyl (C=O) groups is 1. The van der Waals surface area contributed by atoms with Gasteiger partial charge in [-0.05, 0) is 18.4 Å². The molecule has 0 aliphatic rings. The van der Waals surface area contributed by atoms with E-state index in [-0.39, 0.29) is 5.97 Å². The van der Waals surface area contributed by atoms with Gasteiger partial charge in [-0.15, -0.1) is 23.1 Å². The molecular formula is C9H13NO2S2. The standard InChI is InChI=1S/C9H13NO2S2/c1-2-12-9(11)7(10)6-14-8-4-3-5-13-8/h3-5,7H,2,6,10H2,1H3. The fourth-order valence-corrected chi connectivity index (χ4v) is 2.58. The Labute approximate surface area is 91.6 Å². The fraction of sp³-hybridized carbons (Fsp3) is 0.444. The monoisotopic (exact) mass is 231 g/mol. The predicted octanol–water partition coefficient (Wildman–Crippen LogP) is 1.73. The molecule has 0 radical (unpaired) electrons. The van der Waals surface area contributed by atoms with Crippen molar-refractivity contribution in [2.45, 2.75) is 17.2 Å². The molecule has 0 bridgehead atoms. The number of thiophene rings is 1. The molecule has 1 rings (SSSR count). The summed E-state index contributed by atoms with van der Waals surface area (Å²) < 4.78 is 5.97. The van der Waals surface area contributed by atoms with Crippen LogP contribution in [0.4, 0.5) is 0 Å². The van der Waals surface area contributed by atoms with Crippen molar-refractivity contribution < 1.29 is 9.53 Å². The Balaban J connectivity index is 2.27. The van der Waals surface area contributed by atoms with Crippen LogP contribution < -0.4 is 5.73 Å². The third-order valence-corrected chi connectivity index (χ3v) is 3.74. The van der Waals surface area contributed by atoms with E-state index in [0.717, 1.165) is 0 Å². The summed E-state index contributed by atoms with van der Waals surface area (Å²) in [4.78, 5) is 11.1. The molecule has 1 unspecified atom stereocenters. The minimum absolute atomic E-state index is 0.323. The average molecular weight is 231 g/mol. The van der Waals surface area contributed by atoms with E-state index in [2.05, 4.69) is 0 Å². The van der Waals surface area contributed by atoms with Crippen LogP contribution in [0.1, 0.15) is 6.92 Å². The third kappa shape index (κ3) is 3.69. The van der Waals surface area contributed by atoms with Crippen molar-refractivity contribution in [1.29, 1.82) is 0 Å². The van der Waals surface area contributed by atoms with Crippen molar-refractivity contribution in [1.82, 2.24) is 0 Å². The van der Waals surface area contributed by atoms with Crippen molar-refractivity contribution in [3.05, 3.63) is 17.5 Å². The average Bonchev–Trinajstić information content (AvgIpc) is 2.67. The molecule has 2 N–H and O–H groups in total. The molecule has 0 saturated heterocycles. The van der Waals surface area contributed by atoms with Crippen LogP contribution in [0.15, 0.2) is 21.7 Å². The van der Waals surface area contributed by atoms with Crippen LogP contribution >= 0.6 is 23.1 Å². The van der Waals surface area contributed by atoms with Gasteiger partial charge in [-0.2, -0.15) is 0 Å². The van der Waals surface area contributed by atoms with E-state index in [4.69, 9.17) is 10.5 Å². The number of carbonyl (C=O) groups excluding carboxylic acids is 1. The quantitative estimate of drug-likeness (QED) is 0.619. The number of hydrogen-bond acceptors (Lipinski definition) is 5. The maximum absolute atomic E-state index is 11.1. The van der Waals surface area contributed by atoms with Crippen molar-refractivity contribution in [2.24, 2.45) is 5.73 Å². The summed E-state index contributed by atoms with van der Waals surface area (Å²) in [6.45, 7) is 2.16. The van der Waals surface area contributed by atoms with Crippen molar-refractivity contribution >= 4 is 29.1 Å². The van der Waals surface area contributed by atoms with Crippen molar-refractivity contribution in [3.63, 3.8) is 0 Å². The Hall–Kier alpha value is -0.520. The van der Waals surface area contributed by atoms with E-state index >= 15 is 0 Å². The SMILES string of the molecule is CCOC(=O)C(N)CSc1cccs1. The molecule has 1 aromatic rings. The van der Waals surface area contributed by atoms with E-state index in [1.165, 1.54) is 4.21 Å². The summed E-state index contributed by atoms with van der Waals surface area (Å²) in [5.74, 6) is 0.246. The van der Waals surface area contributed by atoms with Gasteiger partial charge in [0.25, 0.3) is 0 Å². The van der Waals surface area contributed by atoms with Crippen molar-refractivity contribution in [2.75, 3.05) is 12.4 Å². The summed E-state index contributed by atoms with van der Waals surface area (Å²) in [6, 6.07) is 3.46. The van der Waals surface area contributed by atoms with Gasteiger partial charge in [0.15, 0.2) is 0 Å². The zero-order valence-corrected chi connectivity index (χ0v) is 9.57. The summed E-state index contributed by atoms with van der Waals surface area (Å²) >= 11 is 3.23. The highest BCUT2D eigenvalue weighted by molar-refractivity contribution is 8.01. The molecule has 3 nitrogen and oxygen atoms in total. The minimum Gasteiger partial charge on any atom is -0.465 e. The largest absolute Gasteiger partial charge is 0.465 e. The number of ether oxygens (including phenoxy) is 1. The number of thioether (sulfide) groups is 1.